The number of carbonyl (C=O) groups excluding carboxylic acids is 2. The Morgan fingerprint density at radius 3 is 2.68 bits per heavy atom. The zero-order valence-corrected chi connectivity index (χ0v) is 16.3. The van der Waals surface area contributed by atoms with E-state index in [2.05, 4.69) is 20.9 Å². The fraction of sp³-hybridized carbons (Fsp3) is 0.150. The van der Waals surface area contributed by atoms with E-state index in [0.29, 0.717) is 28.9 Å². The second-order valence-corrected chi connectivity index (χ2v) is 6.73. The minimum absolute atomic E-state index is 0.210. The number of hydrogen-bond acceptors (Lipinski definition) is 5. The monoisotopic (exact) mass is 396 g/mol. The third-order valence-corrected chi connectivity index (χ3v) is 4.43. The van der Waals surface area contributed by atoms with Crippen molar-refractivity contribution >= 4 is 39.8 Å². The van der Waals surface area contributed by atoms with Crippen molar-refractivity contribution in [2.45, 2.75) is 13.8 Å². The van der Waals surface area contributed by atoms with Crippen molar-refractivity contribution in [3.05, 3.63) is 65.2 Å². The van der Waals surface area contributed by atoms with Crippen molar-refractivity contribution < 1.29 is 14.3 Å². The van der Waals surface area contributed by atoms with E-state index in [1.165, 1.54) is 11.3 Å². The second-order valence-electron chi connectivity index (χ2n) is 5.87. The fourth-order valence-electron chi connectivity index (χ4n) is 2.46. The zero-order chi connectivity index (χ0) is 19.9. The molecule has 0 aliphatic heterocycles. The van der Waals surface area contributed by atoms with E-state index >= 15 is 0 Å². The van der Waals surface area contributed by atoms with Crippen LogP contribution in [0, 0.1) is 6.92 Å². The van der Waals surface area contributed by atoms with Gasteiger partial charge >= 0.3 is 6.03 Å². The third-order valence-electron chi connectivity index (χ3n) is 3.67. The molecule has 0 spiro atoms. The zero-order valence-electron chi connectivity index (χ0n) is 15.5. The van der Waals surface area contributed by atoms with E-state index in [0.717, 1.165) is 5.56 Å². The van der Waals surface area contributed by atoms with E-state index < -0.39 is 6.03 Å². The Kier molecular flexibility index (Phi) is 6.23. The average Bonchev–Trinajstić information content (AvgIpc) is 3.12. The summed E-state index contributed by atoms with van der Waals surface area (Å²) in [7, 11) is 0. The molecule has 3 rings (SSSR count). The first kappa shape index (κ1) is 19.4. The SMILES string of the molecule is CCOc1ccccc1NC(=O)c1csc(NC(=O)Nc2cccc(C)c2)n1. The minimum atomic E-state index is -0.423. The van der Waals surface area contributed by atoms with Crippen LogP contribution in [-0.2, 0) is 0 Å². The smallest absolute Gasteiger partial charge is 0.325 e. The standard InChI is InChI=1S/C20H20N4O3S/c1-3-27-17-10-5-4-9-15(17)22-18(25)16-12-28-20(23-16)24-19(26)21-14-8-6-7-13(2)11-14/h4-12H,3H2,1-2H3,(H,22,25)(H2,21,23,24,26). The number of hydrogen-bond donors (Lipinski definition) is 3. The quantitative estimate of drug-likeness (QED) is 0.561. The predicted molar refractivity (Wildman–Crippen MR) is 111 cm³/mol. The van der Waals surface area contributed by atoms with Crippen LogP contribution in [0.3, 0.4) is 0 Å². The lowest BCUT2D eigenvalue weighted by Gasteiger charge is -2.10. The predicted octanol–water partition coefficient (Wildman–Crippen LogP) is 4.75. The van der Waals surface area contributed by atoms with Crippen molar-refractivity contribution in [2.75, 3.05) is 22.6 Å². The van der Waals surface area contributed by atoms with Gasteiger partial charge in [-0.3, -0.25) is 10.1 Å². The molecule has 0 bridgehead atoms. The van der Waals surface area contributed by atoms with Crippen LogP contribution < -0.4 is 20.7 Å². The van der Waals surface area contributed by atoms with Crippen molar-refractivity contribution in [1.82, 2.24) is 4.98 Å². The second kappa shape index (κ2) is 9.01. The molecule has 7 nitrogen and oxygen atoms in total. The lowest BCUT2D eigenvalue weighted by molar-refractivity contribution is 0.102. The third kappa shape index (κ3) is 5.08. The van der Waals surface area contributed by atoms with Crippen LogP contribution in [0.1, 0.15) is 23.0 Å². The molecule has 144 valence electrons. The molecule has 0 saturated carbocycles. The minimum Gasteiger partial charge on any atom is -0.492 e. The van der Waals surface area contributed by atoms with Crippen LogP contribution in [0.2, 0.25) is 0 Å². The summed E-state index contributed by atoms with van der Waals surface area (Å²) < 4.78 is 5.50. The van der Waals surface area contributed by atoms with Gasteiger partial charge in [0.25, 0.3) is 5.91 Å². The Bertz CT molecular complexity index is 987. The van der Waals surface area contributed by atoms with Gasteiger partial charge in [0, 0.05) is 11.1 Å². The molecule has 1 aromatic heterocycles. The fourth-order valence-corrected chi connectivity index (χ4v) is 3.14. The maximum atomic E-state index is 12.4. The van der Waals surface area contributed by atoms with Crippen LogP contribution in [0.15, 0.2) is 53.9 Å². The first-order valence-electron chi connectivity index (χ1n) is 8.68. The molecule has 0 radical (unpaired) electrons. The van der Waals surface area contributed by atoms with Gasteiger partial charge in [-0.15, -0.1) is 11.3 Å². The van der Waals surface area contributed by atoms with Gasteiger partial charge < -0.3 is 15.4 Å². The lowest BCUT2D eigenvalue weighted by atomic mass is 10.2. The van der Waals surface area contributed by atoms with Gasteiger partial charge in [-0.25, -0.2) is 9.78 Å². The van der Waals surface area contributed by atoms with Gasteiger partial charge in [0.2, 0.25) is 0 Å². The number of rotatable bonds is 6. The van der Waals surface area contributed by atoms with Crippen LogP contribution in [0.25, 0.3) is 0 Å². The van der Waals surface area contributed by atoms with E-state index in [4.69, 9.17) is 4.74 Å². The van der Waals surface area contributed by atoms with Crippen LogP contribution >= 0.6 is 11.3 Å². The number of carbonyl (C=O) groups is 2. The van der Waals surface area contributed by atoms with Crippen molar-refractivity contribution in [1.29, 1.82) is 0 Å². The van der Waals surface area contributed by atoms with Gasteiger partial charge in [0.1, 0.15) is 11.4 Å². The molecule has 1 heterocycles. The molecular weight excluding hydrogens is 376 g/mol. The summed E-state index contributed by atoms with van der Waals surface area (Å²) in [6.07, 6.45) is 0. The Hall–Kier alpha value is -3.39. The van der Waals surface area contributed by atoms with E-state index in [9.17, 15) is 9.59 Å². The summed E-state index contributed by atoms with van der Waals surface area (Å²) in [6.45, 7) is 4.31. The largest absolute Gasteiger partial charge is 0.492 e. The number of para-hydroxylation sites is 2. The number of amides is 3. The topological polar surface area (TPSA) is 92.4 Å². The molecule has 0 unspecified atom stereocenters. The number of ether oxygens (including phenoxy) is 1. The number of benzene rings is 2. The summed E-state index contributed by atoms with van der Waals surface area (Å²) in [5.74, 6) is 0.208. The molecule has 0 fully saturated rings. The molecule has 3 aromatic rings. The van der Waals surface area contributed by atoms with Crippen LogP contribution in [-0.4, -0.2) is 23.5 Å². The summed E-state index contributed by atoms with van der Waals surface area (Å²) >= 11 is 1.17. The number of aromatic nitrogens is 1. The average molecular weight is 396 g/mol. The van der Waals surface area contributed by atoms with E-state index in [1.54, 1.807) is 23.6 Å². The number of nitrogens with zero attached hydrogens (tertiary/aromatic N) is 1. The number of anilines is 3. The van der Waals surface area contributed by atoms with Gasteiger partial charge in [0.15, 0.2) is 5.13 Å². The Morgan fingerprint density at radius 2 is 1.89 bits per heavy atom. The Morgan fingerprint density at radius 1 is 1.07 bits per heavy atom. The Balaban J connectivity index is 1.62. The van der Waals surface area contributed by atoms with Gasteiger partial charge in [-0.1, -0.05) is 24.3 Å². The highest BCUT2D eigenvalue weighted by Crippen LogP contribution is 2.25. The molecule has 3 N–H and O–H groups in total. The Labute approximate surface area is 166 Å². The van der Waals surface area contributed by atoms with Crippen molar-refractivity contribution in [3.63, 3.8) is 0 Å². The molecule has 2 aromatic carbocycles. The highest BCUT2D eigenvalue weighted by atomic mass is 32.1. The first-order valence-corrected chi connectivity index (χ1v) is 9.56. The summed E-state index contributed by atoms with van der Waals surface area (Å²) in [5.41, 5.74) is 2.49. The summed E-state index contributed by atoms with van der Waals surface area (Å²) in [6, 6.07) is 14.2. The molecule has 0 aliphatic rings. The molecule has 28 heavy (non-hydrogen) atoms. The lowest BCUT2D eigenvalue weighted by Crippen LogP contribution is -2.19. The molecule has 0 saturated heterocycles. The number of nitrogens with one attached hydrogen (secondary N) is 3. The molecular formula is C20H20N4O3S. The number of thiazole rings is 1. The summed E-state index contributed by atoms with van der Waals surface area (Å²) in [4.78, 5) is 28.7. The van der Waals surface area contributed by atoms with E-state index in [-0.39, 0.29) is 11.6 Å². The first-order chi connectivity index (χ1) is 13.5. The normalized spacial score (nSPS) is 10.2. The maximum absolute atomic E-state index is 12.4. The van der Waals surface area contributed by atoms with Gasteiger partial charge in [0.05, 0.1) is 12.3 Å². The number of urea groups is 1. The van der Waals surface area contributed by atoms with E-state index in [1.807, 2.05) is 44.2 Å². The molecule has 8 heteroatoms. The molecule has 0 aliphatic carbocycles. The van der Waals surface area contributed by atoms with Crippen molar-refractivity contribution in [3.8, 4) is 5.75 Å². The van der Waals surface area contributed by atoms with Crippen molar-refractivity contribution in [2.24, 2.45) is 0 Å². The van der Waals surface area contributed by atoms with Gasteiger partial charge in [-0.2, -0.15) is 0 Å². The summed E-state index contributed by atoms with van der Waals surface area (Å²) in [5, 5.41) is 10.1. The van der Waals surface area contributed by atoms with Crippen LogP contribution in [0.4, 0.5) is 21.3 Å². The van der Waals surface area contributed by atoms with Crippen LogP contribution in [0.5, 0.6) is 5.75 Å². The molecule has 0 atom stereocenters. The highest BCUT2D eigenvalue weighted by molar-refractivity contribution is 7.14. The number of aryl methyl sites for hydroxylation is 1. The highest BCUT2D eigenvalue weighted by Gasteiger charge is 2.14. The molecule has 3 amide bonds. The maximum Gasteiger partial charge on any atom is 0.325 e. The van der Waals surface area contributed by atoms with Gasteiger partial charge in [-0.05, 0) is 43.7 Å².